The lowest BCUT2D eigenvalue weighted by atomic mass is 10.1. The van der Waals surface area contributed by atoms with Gasteiger partial charge < -0.3 is 5.32 Å². The SMILES string of the molecule is CCNc1c(CN2CCCS2(=O)=O)cccc1[N+](=O)[O-]. The van der Waals surface area contributed by atoms with E-state index in [1.807, 2.05) is 6.92 Å². The maximum Gasteiger partial charge on any atom is 0.292 e. The third-order valence-corrected chi connectivity index (χ3v) is 5.13. The summed E-state index contributed by atoms with van der Waals surface area (Å²) in [5.41, 5.74) is 1.01. The van der Waals surface area contributed by atoms with E-state index in [2.05, 4.69) is 5.32 Å². The van der Waals surface area contributed by atoms with E-state index in [-0.39, 0.29) is 18.0 Å². The highest BCUT2D eigenvalue weighted by Crippen LogP contribution is 2.30. The number of anilines is 1. The normalized spacial score (nSPS) is 18.1. The fourth-order valence-electron chi connectivity index (χ4n) is 2.31. The molecule has 1 N–H and O–H groups in total. The van der Waals surface area contributed by atoms with Crippen molar-refractivity contribution in [2.75, 3.05) is 24.2 Å². The molecule has 0 aromatic heterocycles. The summed E-state index contributed by atoms with van der Waals surface area (Å²) in [6.07, 6.45) is 0.605. The first-order valence-electron chi connectivity index (χ1n) is 6.43. The molecule has 7 nitrogen and oxygen atoms in total. The van der Waals surface area contributed by atoms with E-state index in [9.17, 15) is 18.5 Å². The number of hydrogen-bond donors (Lipinski definition) is 1. The van der Waals surface area contributed by atoms with E-state index in [1.165, 1.54) is 10.4 Å². The third-order valence-electron chi connectivity index (χ3n) is 3.23. The van der Waals surface area contributed by atoms with Crippen molar-refractivity contribution in [3.05, 3.63) is 33.9 Å². The lowest BCUT2D eigenvalue weighted by Crippen LogP contribution is -2.25. The van der Waals surface area contributed by atoms with Crippen molar-refractivity contribution >= 4 is 21.4 Å². The first-order valence-corrected chi connectivity index (χ1v) is 8.04. The lowest BCUT2D eigenvalue weighted by Gasteiger charge is -2.17. The monoisotopic (exact) mass is 299 g/mol. The first-order chi connectivity index (χ1) is 9.45. The van der Waals surface area contributed by atoms with Gasteiger partial charge in [0.05, 0.1) is 10.7 Å². The Bertz CT molecular complexity index is 615. The highest BCUT2D eigenvalue weighted by atomic mass is 32.2. The molecule has 1 aliphatic rings. The number of rotatable bonds is 5. The minimum Gasteiger partial charge on any atom is -0.380 e. The summed E-state index contributed by atoms with van der Waals surface area (Å²) in [5, 5.41) is 14.0. The molecule has 1 heterocycles. The van der Waals surface area contributed by atoms with Crippen LogP contribution in [0.15, 0.2) is 18.2 Å². The zero-order valence-electron chi connectivity index (χ0n) is 11.2. The number of benzene rings is 1. The first kappa shape index (κ1) is 14.7. The van der Waals surface area contributed by atoms with Gasteiger partial charge in [-0.25, -0.2) is 8.42 Å². The predicted molar refractivity (Wildman–Crippen MR) is 76.1 cm³/mol. The van der Waals surface area contributed by atoms with E-state index in [0.717, 1.165) is 0 Å². The van der Waals surface area contributed by atoms with Crippen molar-refractivity contribution in [1.29, 1.82) is 0 Å². The van der Waals surface area contributed by atoms with E-state index in [1.54, 1.807) is 12.1 Å². The second kappa shape index (κ2) is 5.76. The van der Waals surface area contributed by atoms with E-state index in [4.69, 9.17) is 0 Å². The molecular formula is C12H17N3O4S. The average molecular weight is 299 g/mol. The number of para-hydroxylation sites is 1. The van der Waals surface area contributed by atoms with E-state index < -0.39 is 14.9 Å². The van der Waals surface area contributed by atoms with Crippen LogP contribution in [0.25, 0.3) is 0 Å². The Balaban J connectivity index is 2.36. The summed E-state index contributed by atoms with van der Waals surface area (Å²) in [6.45, 7) is 3.01. The smallest absolute Gasteiger partial charge is 0.292 e. The van der Waals surface area contributed by atoms with Gasteiger partial charge in [0, 0.05) is 25.7 Å². The summed E-state index contributed by atoms with van der Waals surface area (Å²) in [7, 11) is -3.21. The number of sulfonamides is 1. The van der Waals surface area contributed by atoms with Crippen molar-refractivity contribution in [3.63, 3.8) is 0 Å². The summed E-state index contributed by atoms with van der Waals surface area (Å²) < 4.78 is 25.0. The Labute approximate surface area is 117 Å². The van der Waals surface area contributed by atoms with Crippen LogP contribution in [0.1, 0.15) is 18.9 Å². The second-order valence-electron chi connectivity index (χ2n) is 4.60. The van der Waals surface area contributed by atoms with Crippen LogP contribution in [-0.4, -0.2) is 36.5 Å². The minimum atomic E-state index is -3.21. The van der Waals surface area contributed by atoms with Crippen LogP contribution in [0.3, 0.4) is 0 Å². The van der Waals surface area contributed by atoms with Crippen molar-refractivity contribution in [2.45, 2.75) is 19.9 Å². The molecule has 0 amide bonds. The number of nitro groups is 1. The van der Waals surface area contributed by atoms with Gasteiger partial charge in [0.25, 0.3) is 5.69 Å². The van der Waals surface area contributed by atoms with E-state index >= 15 is 0 Å². The van der Waals surface area contributed by atoms with Gasteiger partial charge in [-0.3, -0.25) is 10.1 Å². The van der Waals surface area contributed by atoms with Crippen LogP contribution in [0.4, 0.5) is 11.4 Å². The zero-order valence-corrected chi connectivity index (χ0v) is 12.0. The number of nitrogens with zero attached hydrogens (tertiary/aromatic N) is 2. The van der Waals surface area contributed by atoms with Crippen LogP contribution in [0.5, 0.6) is 0 Å². The lowest BCUT2D eigenvalue weighted by molar-refractivity contribution is -0.384. The molecule has 0 radical (unpaired) electrons. The molecule has 20 heavy (non-hydrogen) atoms. The standard InChI is InChI=1S/C12H17N3O4S/c1-2-13-12-10(5-3-6-11(12)15(16)17)9-14-7-4-8-20(14,18)19/h3,5-6,13H,2,4,7-9H2,1H3. The highest BCUT2D eigenvalue weighted by Gasteiger charge is 2.29. The molecule has 1 aromatic rings. The quantitative estimate of drug-likeness (QED) is 0.658. The van der Waals surface area contributed by atoms with Crippen LogP contribution >= 0.6 is 0 Å². The van der Waals surface area contributed by atoms with Gasteiger partial charge in [0.15, 0.2) is 0 Å². The van der Waals surface area contributed by atoms with Crippen LogP contribution < -0.4 is 5.32 Å². The van der Waals surface area contributed by atoms with Gasteiger partial charge >= 0.3 is 0 Å². The number of hydrogen-bond acceptors (Lipinski definition) is 5. The Morgan fingerprint density at radius 2 is 2.20 bits per heavy atom. The maximum absolute atomic E-state index is 11.8. The number of nitrogens with one attached hydrogen (secondary N) is 1. The van der Waals surface area contributed by atoms with Crippen molar-refractivity contribution in [3.8, 4) is 0 Å². The Morgan fingerprint density at radius 1 is 1.45 bits per heavy atom. The van der Waals surface area contributed by atoms with Gasteiger partial charge in [-0.15, -0.1) is 0 Å². The van der Waals surface area contributed by atoms with Crippen molar-refractivity contribution < 1.29 is 13.3 Å². The predicted octanol–water partition coefficient (Wildman–Crippen LogP) is 1.56. The van der Waals surface area contributed by atoms with Crippen LogP contribution in [-0.2, 0) is 16.6 Å². The van der Waals surface area contributed by atoms with Gasteiger partial charge in [0.1, 0.15) is 5.69 Å². The fourth-order valence-corrected chi connectivity index (χ4v) is 3.81. The van der Waals surface area contributed by atoms with Crippen LogP contribution in [0.2, 0.25) is 0 Å². The Kier molecular flexibility index (Phi) is 4.24. The molecule has 2 rings (SSSR count). The molecular weight excluding hydrogens is 282 g/mol. The molecule has 0 atom stereocenters. The Hall–Kier alpha value is -1.67. The molecule has 1 saturated heterocycles. The molecule has 0 aliphatic carbocycles. The average Bonchev–Trinajstić information content (AvgIpc) is 2.71. The maximum atomic E-state index is 11.8. The van der Waals surface area contributed by atoms with Gasteiger partial charge in [-0.05, 0) is 18.9 Å². The van der Waals surface area contributed by atoms with Crippen molar-refractivity contribution in [1.82, 2.24) is 4.31 Å². The Morgan fingerprint density at radius 3 is 2.75 bits per heavy atom. The summed E-state index contributed by atoms with van der Waals surface area (Å²) in [4.78, 5) is 10.6. The summed E-state index contributed by atoms with van der Waals surface area (Å²) in [5.74, 6) is 0.151. The molecule has 110 valence electrons. The molecule has 0 bridgehead atoms. The third kappa shape index (κ3) is 2.91. The molecule has 0 unspecified atom stereocenters. The van der Waals surface area contributed by atoms with Gasteiger partial charge in [-0.1, -0.05) is 12.1 Å². The largest absolute Gasteiger partial charge is 0.380 e. The second-order valence-corrected chi connectivity index (χ2v) is 6.69. The van der Waals surface area contributed by atoms with Crippen molar-refractivity contribution in [2.24, 2.45) is 0 Å². The van der Waals surface area contributed by atoms with Gasteiger partial charge in [-0.2, -0.15) is 4.31 Å². The molecule has 1 aliphatic heterocycles. The van der Waals surface area contributed by atoms with Crippen LogP contribution in [0, 0.1) is 10.1 Å². The summed E-state index contributed by atoms with van der Waals surface area (Å²) >= 11 is 0. The summed E-state index contributed by atoms with van der Waals surface area (Å²) in [6, 6.07) is 4.72. The van der Waals surface area contributed by atoms with Gasteiger partial charge in [0.2, 0.25) is 10.0 Å². The molecule has 8 heteroatoms. The fraction of sp³-hybridized carbons (Fsp3) is 0.500. The zero-order chi connectivity index (χ0) is 14.8. The highest BCUT2D eigenvalue weighted by molar-refractivity contribution is 7.89. The molecule has 0 saturated carbocycles. The van der Waals surface area contributed by atoms with E-state index in [0.29, 0.717) is 30.8 Å². The molecule has 1 fully saturated rings. The molecule has 1 aromatic carbocycles. The minimum absolute atomic E-state index is 0.0269. The molecule has 0 spiro atoms. The number of nitro benzene ring substituents is 1. The topological polar surface area (TPSA) is 92.6 Å².